The standard InChI is InChI=1S/C23H30FN3O/c1-16-6-10-19(11-7-16)22-20(5-4-12-28-22)15-27-23(25-3)26-14-18-9-8-17(2)21(24)13-18/h6-11,13,20,22H,4-5,12,14-15H2,1-3H3,(H2,25,26,27). The number of hydrogen-bond acceptors (Lipinski definition) is 2. The lowest BCUT2D eigenvalue weighted by Gasteiger charge is -2.32. The van der Waals surface area contributed by atoms with Gasteiger partial charge in [0, 0.05) is 32.7 Å². The minimum atomic E-state index is -0.178. The lowest BCUT2D eigenvalue weighted by Crippen LogP contribution is -2.41. The molecule has 0 radical (unpaired) electrons. The van der Waals surface area contributed by atoms with Gasteiger partial charge in [-0.05, 0) is 49.4 Å². The predicted octanol–water partition coefficient (Wildman–Crippen LogP) is 4.28. The summed E-state index contributed by atoms with van der Waals surface area (Å²) >= 11 is 0. The largest absolute Gasteiger partial charge is 0.373 e. The Morgan fingerprint density at radius 3 is 2.64 bits per heavy atom. The van der Waals surface area contributed by atoms with Crippen molar-refractivity contribution in [2.24, 2.45) is 10.9 Å². The number of nitrogens with one attached hydrogen (secondary N) is 2. The van der Waals surface area contributed by atoms with Gasteiger partial charge in [0.25, 0.3) is 0 Å². The van der Waals surface area contributed by atoms with Crippen LogP contribution in [0, 0.1) is 25.6 Å². The number of aliphatic imine (C=N–C) groups is 1. The normalized spacial score (nSPS) is 20.1. The maximum atomic E-state index is 13.7. The zero-order valence-electron chi connectivity index (χ0n) is 17.0. The second kappa shape index (κ2) is 9.69. The highest BCUT2D eigenvalue weighted by atomic mass is 19.1. The van der Waals surface area contributed by atoms with Crippen LogP contribution < -0.4 is 10.6 Å². The minimum Gasteiger partial charge on any atom is -0.373 e. The average Bonchev–Trinajstić information content (AvgIpc) is 2.71. The SMILES string of the molecule is CN=C(NCc1ccc(C)c(F)c1)NCC1CCCOC1c1ccc(C)cc1. The van der Waals surface area contributed by atoms with E-state index >= 15 is 0 Å². The van der Waals surface area contributed by atoms with Crippen LogP contribution in [-0.4, -0.2) is 26.2 Å². The maximum absolute atomic E-state index is 13.7. The number of hydrogen-bond donors (Lipinski definition) is 2. The number of ether oxygens (including phenoxy) is 1. The highest BCUT2D eigenvalue weighted by Gasteiger charge is 2.27. The Morgan fingerprint density at radius 1 is 1.14 bits per heavy atom. The van der Waals surface area contributed by atoms with E-state index in [0.29, 0.717) is 24.0 Å². The van der Waals surface area contributed by atoms with Crippen molar-refractivity contribution in [3.05, 3.63) is 70.5 Å². The summed E-state index contributed by atoms with van der Waals surface area (Å²) in [6, 6.07) is 13.9. The molecule has 1 fully saturated rings. The molecule has 2 aromatic carbocycles. The molecular weight excluding hydrogens is 353 g/mol. The summed E-state index contributed by atoms with van der Waals surface area (Å²) in [5.41, 5.74) is 4.04. The fourth-order valence-electron chi connectivity index (χ4n) is 3.56. The third kappa shape index (κ3) is 5.32. The van der Waals surface area contributed by atoms with Crippen LogP contribution in [0.25, 0.3) is 0 Å². The Kier molecular flexibility index (Phi) is 7.04. The van der Waals surface area contributed by atoms with Gasteiger partial charge in [-0.1, -0.05) is 42.0 Å². The van der Waals surface area contributed by atoms with Crippen LogP contribution in [0.1, 0.15) is 41.2 Å². The molecule has 0 bridgehead atoms. The lowest BCUT2D eigenvalue weighted by atomic mass is 9.89. The summed E-state index contributed by atoms with van der Waals surface area (Å²) in [7, 11) is 1.75. The van der Waals surface area contributed by atoms with Crippen LogP contribution in [0.2, 0.25) is 0 Å². The highest BCUT2D eigenvalue weighted by molar-refractivity contribution is 5.79. The highest BCUT2D eigenvalue weighted by Crippen LogP contribution is 2.33. The van der Waals surface area contributed by atoms with Crippen molar-refractivity contribution >= 4 is 5.96 Å². The van der Waals surface area contributed by atoms with Gasteiger partial charge >= 0.3 is 0 Å². The van der Waals surface area contributed by atoms with Crippen LogP contribution in [-0.2, 0) is 11.3 Å². The van der Waals surface area contributed by atoms with Crippen molar-refractivity contribution in [1.82, 2.24) is 10.6 Å². The van der Waals surface area contributed by atoms with Crippen LogP contribution in [0.15, 0.2) is 47.5 Å². The second-order valence-electron chi connectivity index (χ2n) is 7.49. The smallest absolute Gasteiger partial charge is 0.191 e. The summed E-state index contributed by atoms with van der Waals surface area (Å²) in [5, 5.41) is 6.68. The Morgan fingerprint density at radius 2 is 1.93 bits per heavy atom. The van der Waals surface area contributed by atoms with Crippen LogP contribution in [0.5, 0.6) is 0 Å². The Labute approximate surface area is 167 Å². The van der Waals surface area contributed by atoms with Crippen molar-refractivity contribution in [3.8, 4) is 0 Å². The minimum absolute atomic E-state index is 0.103. The zero-order valence-corrected chi connectivity index (χ0v) is 17.0. The maximum Gasteiger partial charge on any atom is 0.191 e. The number of aryl methyl sites for hydroxylation is 2. The molecule has 28 heavy (non-hydrogen) atoms. The molecule has 0 aliphatic carbocycles. The fourth-order valence-corrected chi connectivity index (χ4v) is 3.56. The molecule has 1 heterocycles. The molecular formula is C23H30FN3O. The monoisotopic (exact) mass is 383 g/mol. The second-order valence-corrected chi connectivity index (χ2v) is 7.49. The van der Waals surface area contributed by atoms with Crippen molar-refractivity contribution in [2.45, 2.75) is 39.3 Å². The summed E-state index contributed by atoms with van der Waals surface area (Å²) in [5.74, 6) is 0.920. The van der Waals surface area contributed by atoms with Crippen LogP contribution in [0.3, 0.4) is 0 Å². The van der Waals surface area contributed by atoms with Gasteiger partial charge in [-0.25, -0.2) is 4.39 Å². The van der Waals surface area contributed by atoms with E-state index in [9.17, 15) is 4.39 Å². The molecule has 150 valence electrons. The van der Waals surface area contributed by atoms with E-state index in [2.05, 4.69) is 46.8 Å². The van der Waals surface area contributed by atoms with Gasteiger partial charge in [0.2, 0.25) is 0 Å². The summed E-state index contributed by atoms with van der Waals surface area (Å²) in [6.45, 7) is 5.98. The third-order valence-corrected chi connectivity index (χ3v) is 5.30. The molecule has 0 spiro atoms. The Hall–Kier alpha value is -2.40. The molecule has 2 aromatic rings. The molecule has 2 unspecified atom stereocenters. The molecule has 5 heteroatoms. The predicted molar refractivity (Wildman–Crippen MR) is 112 cm³/mol. The van der Waals surface area contributed by atoms with E-state index in [0.717, 1.165) is 31.6 Å². The summed E-state index contributed by atoms with van der Waals surface area (Å²) in [4.78, 5) is 4.30. The topological polar surface area (TPSA) is 45.7 Å². The van der Waals surface area contributed by atoms with Crippen molar-refractivity contribution < 1.29 is 9.13 Å². The van der Waals surface area contributed by atoms with Gasteiger partial charge in [0.1, 0.15) is 5.82 Å². The first kappa shape index (κ1) is 20.3. The number of benzene rings is 2. The summed E-state index contributed by atoms with van der Waals surface area (Å²) in [6.07, 6.45) is 2.29. The Bertz CT molecular complexity index is 804. The first-order valence-electron chi connectivity index (χ1n) is 9.94. The Balaban J connectivity index is 1.56. The van der Waals surface area contributed by atoms with Gasteiger partial charge < -0.3 is 15.4 Å². The number of guanidine groups is 1. The summed E-state index contributed by atoms with van der Waals surface area (Å²) < 4.78 is 19.8. The van der Waals surface area contributed by atoms with E-state index < -0.39 is 0 Å². The molecule has 1 aliphatic heterocycles. The van der Waals surface area contributed by atoms with E-state index in [4.69, 9.17) is 4.74 Å². The number of rotatable bonds is 5. The van der Waals surface area contributed by atoms with Crippen LogP contribution >= 0.6 is 0 Å². The molecule has 3 rings (SSSR count). The van der Waals surface area contributed by atoms with Crippen molar-refractivity contribution in [1.29, 1.82) is 0 Å². The molecule has 2 atom stereocenters. The van der Waals surface area contributed by atoms with E-state index in [1.165, 1.54) is 11.1 Å². The fraction of sp³-hybridized carbons (Fsp3) is 0.435. The zero-order chi connectivity index (χ0) is 19.9. The molecule has 0 aromatic heterocycles. The molecule has 1 aliphatic rings. The van der Waals surface area contributed by atoms with Crippen LogP contribution in [0.4, 0.5) is 4.39 Å². The van der Waals surface area contributed by atoms with Gasteiger partial charge in [-0.2, -0.15) is 0 Å². The molecule has 0 saturated carbocycles. The average molecular weight is 384 g/mol. The number of nitrogens with zero attached hydrogens (tertiary/aromatic N) is 1. The number of halogens is 1. The molecule has 0 amide bonds. The first-order chi connectivity index (χ1) is 13.6. The molecule has 4 nitrogen and oxygen atoms in total. The van der Waals surface area contributed by atoms with Gasteiger partial charge in [-0.3, -0.25) is 4.99 Å². The molecule has 2 N–H and O–H groups in total. The van der Waals surface area contributed by atoms with Crippen molar-refractivity contribution in [2.75, 3.05) is 20.2 Å². The van der Waals surface area contributed by atoms with Crippen molar-refractivity contribution in [3.63, 3.8) is 0 Å². The van der Waals surface area contributed by atoms with E-state index in [-0.39, 0.29) is 11.9 Å². The van der Waals surface area contributed by atoms with E-state index in [1.807, 2.05) is 6.07 Å². The van der Waals surface area contributed by atoms with E-state index in [1.54, 1.807) is 26.1 Å². The first-order valence-corrected chi connectivity index (χ1v) is 9.94. The lowest BCUT2D eigenvalue weighted by molar-refractivity contribution is -0.0265. The quantitative estimate of drug-likeness (QED) is 0.599. The van der Waals surface area contributed by atoms with Gasteiger partial charge in [0.15, 0.2) is 5.96 Å². The van der Waals surface area contributed by atoms with Gasteiger partial charge in [0.05, 0.1) is 6.10 Å². The third-order valence-electron chi connectivity index (χ3n) is 5.30. The molecule has 1 saturated heterocycles. The van der Waals surface area contributed by atoms with Gasteiger partial charge in [-0.15, -0.1) is 0 Å².